The Balaban J connectivity index is 2.39. The third kappa shape index (κ3) is 2.83. The van der Waals surface area contributed by atoms with E-state index in [4.69, 9.17) is 23.2 Å². The fraction of sp³-hybridized carbons (Fsp3) is 0.0833. The lowest BCUT2D eigenvalue weighted by molar-refractivity contribution is 0.0992. The van der Waals surface area contributed by atoms with Gasteiger partial charge in [-0.2, -0.15) is 0 Å². The first kappa shape index (κ1) is 13.7. The SMILES string of the molecule is CN(C(=O)c1cc(Cl)nnc1Cl)c1ccccc1F. The van der Waals surface area contributed by atoms with Crippen LogP contribution in [0.3, 0.4) is 0 Å². The van der Waals surface area contributed by atoms with Gasteiger partial charge in [-0.15, -0.1) is 10.2 Å². The van der Waals surface area contributed by atoms with Crippen LogP contribution in [0.5, 0.6) is 0 Å². The quantitative estimate of drug-likeness (QED) is 0.855. The Labute approximate surface area is 118 Å². The van der Waals surface area contributed by atoms with E-state index < -0.39 is 11.7 Å². The van der Waals surface area contributed by atoms with E-state index in [1.807, 2.05) is 0 Å². The van der Waals surface area contributed by atoms with Gasteiger partial charge >= 0.3 is 0 Å². The van der Waals surface area contributed by atoms with Gasteiger partial charge in [0.2, 0.25) is 0 Å². The summed E-state index contributed by atoms with van der Waals surface area (Å²) in [5.41, 5.74) is 0.198. The molecule has 98 valence electrons. The highest BCUT2D eigenvalue weighted by Crippen LogP contribution is 2.22. The summed E-state index contributed by atoms with van der Waals surface area (Å²) in [6, 6.07) is 7.20. The Morgan fingerprint density at radius 3 is 2.63 bits per heavy atom. The van der Waals surface area contributed by atoms with Crippen LogP contribution < -0.4 is 4.90 Å². The Hall–Kier alpha value is -1.72. The van der Waals surface area contributed by atoms with Crippen LogP contribution in [0, 0.1) is 5.82 Å². The number of amides is 1. The van der Waals surface area contributed by atoms with Crippen LogP contribution in [0.1, 0.15) is 10.4 Å². The van der Waals surface area contributed by atoms with Crippen molar-refractivity contribution in [1.29, 1.82) is 0 Å². The second-order valence-electron chi connectivity index (χ2n) is 3.69. The van der Waals surface area contributed by atoms with Gasteiger partial charge in [0, 0.05) is 7.05 Å². The highest BCUT2D eigenvalue weighted by atomic mass is 35.5. The summed E-state index contributed by atoms with van der Waals surface area (Å²) in [5, 5.41) is 7.00. The predicted octanol–water partition coefficient (Wildman–Crippen LogP) is 3.20. The minimum atomic E-state index is -0.521. The van der Waals surface area contributed by atoms with Crippen LogP contribution in [0.25, 0.3) is 0 Å². The van der Waals surface area contributed by atoms with E-state index in [9.17, 15) is 9.18 Å². The number of nitrogens with zero attached hydrogens (tertiary/aromatic N) is 3. The molecule has 0 aliphatic rings. The van der Waals surface area contributed by atoms with Crippen molar-refractivity contribution >= 4 is 34.8 Å². The second-order valence-corrected chi connectivity index (χ2v) is 4.43. The minimum Gasteiger partial charge on any atom is -0.309 e. The number of hydrogen-bond acceptors (Lipinski definition) is 3. The lowest BCUT2D eigenvalue weighted by atomic mass is 10.2. The molecule has 0 bridgehead atoms. The number of benzene rings is 1. The molecule has 2 aromatic rings. The molecule has 0 saturated heterocycles. The van der Waals surface area contributed by atoms with Gasteiger partial charge in [0.05, 0.1) is 11.3 Å². The maximum Gasteiger partial charge on any atom is 0.261 e. The molecule has 0 aliphatic carbocycles. The zero-order valence-corrected chi connectivity index (χ0v) is 11.3. The number of rotatable bonds is 2. The molecule has 1 amide bonds. The number of carbonyl (C=O) groups is 1. The van der Waals surface area contributed by atoms with Gasteiger partial charge in [-0.1, -0.05) is 35.3 Å². The van der Waals surface area contributed by atoms with Crippen molar-refractivity contribution in [1.82, 2.24) is 10.2 Å². The number of carbonyl (C=O) groups excluding carboxylic acids is 1. The molecule has 0 unspecified atom stereocenters. The number of anilines is 1. The minimum absolute atomic E-state index is 0.0367. The summed E-state index contributed by atoms with van der Waals surface area (Å²) in [5.74, 6) is -1.03. The normalized spacial score (nSPS) is 10.3. The van der Waals surface area contributed by atoms with Gasteiger partial charge in [-0.05, 0) is 18.2 Å². The largest absolute Gasteiger partial charge is 0.309 e. The average molecular weight is 300 g/mol. The zero-order valence-electron chi connectivity index (χ0n) is 9.77. The molecule has 1 aromatic heterocycles. The predicted molar refractivity (Wildman–Crippen MR) is 71.2 cm³/mol. The van der Waals surface area contributed by atoms with Gasteiger partial charge in [0.15, 0.2) is 10.3 Å². The van der Waals surface area contributed by atoms with Crippen molar-refractivity contribution in [2.45, 2.75) is 0 Å². The number of halogens is 3. The van der Waals surface area contributed by atoms with Crippen molar-refractivity contribution in [2.24, 2.45) is 0 Å². The molecule has 7 heteroatoms. The van der Waals surface area contributed by atoms with E-state index in [0.29, 0.717) is 0 Å². The van der Waals surface area contributed by atoms with Crippen molar-refractivity contribution in [2.75, 3.05) is 11.9 Å². The molecule has 0 atom stereocenters. The van der Waals surface area contributed by atoms with Crippen molar-refractivity contribution < 1.29 is 9.18 Å². The van der Waals surface area contributed by atoms with Gasteiger partial charge in [-0.3, -0.25) is 4.79 Å². The summed E-state index contributed by atoms with van der Waals surface area (Å²) >= 11 is 11.5. The van der Waals surface area contributed by atoms with Crippen LogP contribution in [-0.2, 0) is 0 Å². The number of aromatic nitrogens is 2. The van der Waals surface area contributed by atoms with Crippen LogP contribution >= 0.6 is 23.2 Å². The molecule has 19 heavy (non-hydrogen) atoms. The maximum absolute atomic E-state index is 13.6. The van der Waals surface area contributed by atoms with Gasteiger partial charge in [0.1, 0.15) is 5.82 Å². The monoisotopic (exact) mass is 299 g/mol. The van der Waals surface area contributed by atoms with Crippen molar-refractivity contribution in [3.05, 3.63) is 52.0 Å². The standard InChI is InChI=1S/C12H8Cl2FN3O/c1-18(9-5-3-2-4-8(9)15)12(19)7-6-10(13)16-17-11(7)14/h2-6H,1H3. The summed E-state index contributed by atoms with van der Waals surface area (Å²) in [7, 11) is 1.44. The lowest BCUT2D eigenvalue weighted by Crippen LogP contribution is -2.27. The summed E-state index contributed by atoms with van der Waals surface area (Å²) < 4.78 is 13.6. The molecule has 0 radical (unpaired) electrons. The Morgan fingerprint density at radius 1 is 1.26 bits per heavy atom. The zero-order chi connectivity index (χ0) is 14.0. The molecular weight excluding hydrogens is 292 g/mol. The van der Waals surface area contributed by atoms with Gasteiger partial charge in [0.25, 0.3) is 5.91 Å². The highest BCUT2D eigenvalue weighted by Gasteiger charge is 2.20. The van der Waals surface area contributed by atoms with Gasteiger partial charge < -0.3 is 4.90 Å². The molecule has 0 spiro atoms. The first-order valence-electron chi connectivity index (χ1n) is 5.22. The Bertz CT molecular complexity index is 636. The maximum atomic E-state index is 13.6. The molecule has 0 aliphatic heterocycles. The summed E-state index contributed by atoms with van der Waals surface area (Å²) in [4.78, 5) is 13.4. The smallest absolute Gasteiger partial charge is 0.261 e. The second kappa shape index (κ2) is 5.50. The van der Waals surface area contributed by atoms with E-state index in [1.165, 1.54) is 31.3 Å². The molecule has 0 fully saturated rings. The topological polar surface area (TPSA) is 46.1 Å². The fourth-order valence-corrected chi connectivity index (χ4v) is 1.84. The fourth-order valence-electron chi connectivity index (χ4n) is 1.52. The third-order valence-electron chi connectivity index (χ3n) is 2.47. The summed E-state index contributed by atoms with van der Waals surface area (Å²) in [6.07, 6.45) is 0. The third-order valence-corrected chi connectivity index (χ3v) is 2.93. The van der Waals surface area contributed by atoms with Crippen molar-refractivity contribution in [3.8, 4) is 0 Å². The van der Waals surface area contributed by atoms with Crippen LogP contribution in [0.4, 0.5) is 10.1 Å². The molecule has 1 heterocycles. The van der Waals surface area contributed by atoms with Crippen LogP contribution in [-0.4, -0.2) is 23.2 Å². The van der Waals surface area contributed by atoms with E-state index in [-0.39, 0.29) is 21.6 Å². The molecule has 2 rings (SSSR count). The number of hydrogen-bond donors (Lipinski definition) is 0. The molecule has 0 saturated carbocycles. The lowest BCUT2D eigenvalue weighted by Gasteiger charge is -2.18. The average Bonchev–Trinajstić information content (AvgIpc) is 2.40. The van der Waals surface area contributed by atoms with Crippen molar-refractivity contribution in [3.63, 3.8) is 0 Å². The summed E-state index contributed by atoms with van der Waals surface area (Å²) in [6.45, 7) is 0. The molecule has 0 N–H and O–H groups in total. The molecule has 1 aromatic carbocycles. The van der Waals surface area contributed by atoms with Gasteiger partial charge in [-0.25, -0.2) is 4.39 Å². The molecule has 4 nitrogen and oxygen atoms in total. The number of para-hydroxylation sites is 1. The highest BCUT2D eigenvalue weighted by molar-refractivity contribution is 6.34. The van der Waals surface area contributed by atoms with E-state index in [2.05, 4.69) is 10.2 Å². The van der Waals surface area contributed by atoms with E-state index in [1.54, 1.807) is 6.07 Å². The first-order valence-corrected chi connectivity index (χ1v) is 5.97. The van der Waals surface area contributed by atoms with Crippen LogP contribution in [0.2, 0.25) is 10.3 Å². The van der Waals surface area contributed by atoms with E-state index in [0.717, 1.165) is 4.90 Å². The molecular formula is C12H8Cl2FN3O. The first-order chi connectivity index (χ1) is 9.00. The van der Waals surface area contributed by atoms with Crippen LogP contribution in [0.15, 0.2) is 30.3 Å². The Kier molecular flexibility index (Phi) is 3.97. The Morgan fingerprint density at radius 2 is 1.95 bits per heavy atom. The van der Waals surface area contributed by atoms with E-state index >= 15 is 0 Å².